The van der Waals surface area contributed by atoms with Crippen LogP contribution in [0.4, 0.5) is 17.6 Å². The molecule has 1 aliphatic rings. The van der Waals surface area contributed by atoms with Gasteiger partial charge in [0.25, 0.3) is 10.0 Å². The molecule has 1 aromatic carbocycles. The second-order valence-corrected chi connectivity index (χ2v) is 10.3. The summed E-state index contributed by atoms with van der Waals surface area (Å²) in [6, 6.07) is 5.10. The van der Waals surface area contributed by atoms with Crippen molar-refractivity contribution < 1.29 is 26.0 Å². The predicted octanol–water partition coefficient (Wildman–Crippen LogP) is 3.57. The lowest BCUT2D eigenvalue weighted by Crippen LogP contribution is -2.36. The second-order valence-electron chi connectivity index (χ2n) is 7.97. The van der Waals surface area contributed by atoms with Gasteiger partial charge in [0.15, 0.2) is 5.03 Å². The van der Waals surface area contributed by atoms with E-state index in [-0.39, 0.29) is 35.4 Å². The average Bonchev–Trinajstić information content (AvgIpc) is 3.40. The molecule has 1 aliphatic heterocycles. The Morgan fingerprint density at radius 3 is 2.59 bits per heavy atom. The number of rotatable bonds is 6. The number of halogens is 5. The van der Waals surface area contributed by atoms with Crippen LogP contribution in [0.2, 0.25) is 5.02 Å². The van der Waals surface area contributed by atoms with E-state index in [1.165, 1.54) is 45.8 Å². The number of hydrogen-bond acceptors (Lipinski definition) is 5. The Hall–Kier alpha value is -2.54. The fourth-order valence-corrected chi connectivity index (χ4v) is 5.59. The SMILES string of the molecule is Cn1cnc(S(=O)(=O)N2CC(NCc3ccc(C(F)(F)F)cc3Cl)C(c3ncccc3F)C2)c1. The zero-order valence-electron chi connectivity index (χ0n) is 17.8. The number of aromatic nitrogens is 3. The van der Waals surface area contributed by atoms with E-state index in [0.717, 1.165) is 12.1 Å². The van der Waals surface area contributed by atoms with E-state index in [2.05, 4.69) is 15.3 Å². The van der Waals surface area contributed by atoms with E-state index in [9.17, 15) is 26.0 Å². The molecule has 0 amide bonds. The van der Waals surface area contributed by atoms with E-state index in [4.69, 9.17) is 11.6 Å². The molecule has 1 N–H and O–H groups in total. The van der Waals surface area contributed by atoms with Crippen molar-refractivity contribution in [3.8, 4) is 0 Å². The molecular weight excluding hydrogens is 498 g/mol. The van der Waals surface area contributed by atoms with Crippen LogP contribution in [0, 0.1) is 5.82 Å². The van der Waals surface area contributed by atoms with Crippen LogP contribution in [0.5, 0.6) is 0 Å². The molecule has 13 heteroatoms. The predicted molar refractivity (Wildman–Crippen MR) is 116 cm³/mol. The first-order valence-corrected chi connectivity index (χ1v) is 12.0. The number of sulfonamides is 1. The monoisotopic (exact) mass is 517 g/mol. The summed E-state index contributed by atoms with van der Waals surface area (Å²) in [7, 11) is -2.32. The Kier molecular flexibility index (Phi) is 6.69. The number of benzene rings is 1. The third-order valence-corrected chi connectivity index (χ3v) is 7.71. The first-order chi connectivity index (χ1) is 16.0. The molecule has 3 aromatic rings. The Balaban J connectivity index is 1.59. The van der Waals surface area contributed by atoms with Gasteiger partial charge in [0.1, 0.15) is 5.82 Å². The van der Waals surface area contributed by atoms with Crippen LogP contribution in [0.3, 0.4) is 0 Å². The van der Waals surface area contributed by atoms with E-state index < -0.39 is 39.5 Å². The zero-order chi connectivity index (χ0) is 24.7. The summed E-state index contributed by atoms with van der Waals surface area (Å²) in [6.07, 6.45) is -0.378. The van der Waals surface area contributed by atoms with Crippen LogP contribution in [0.15, 0.2) is 54.1 Å². The van der Waals surface area contributed by atoms with Crippen molar-refractivity contribution in [2.24, 2.45) is 7.05 Å². The van der Waals surface area contributed by atoms with Gasteiger partial charge in [-0.05, 0) is 29.8 Å². The van der Waals surface area contributed by atoms with Crippen molar-refractivity contribution in [2.45, 2.75) is 29.7 Å². The van der Waals surface area contributed by atoms with Crippen LogP contribution in [0.25, 0.3) is 0 Å². The van der Waals surface area contributed by atoms with Crippen molar-refractivity contribution in [3.05, 3.63) is 76.7 Å². The second kappa shape index (κ2) is 9.25. The minimum atomic E-state index is -4.52. The van der Waals surface area contributed by atoms with Gasteiger partial charge in [0.05, 0.1) is 17.6 Å². The minimum Gasteiger partial charge on any atom is -0.339 e. The number of nitrogens with zero attached hydrogens (tertiary/aromatic N) is 4. The lowest BCUT2D eigenvalue weighted by molar-refractivity contribution is -0.137. The molecule has 1 fully saturated rings. The van der Waals surface area contributed by atoms with Crippen LogP contribution >= 0.6 is 11.6 Å². The molecule has 4 rings (SSSR count). The fourth-order valence-electron chi connectivity index (χ4n) is 3.88. The fraction of sp³-hybridized carbons (Fsp3) is 0.333. The molecule has 1 saturated heterocycles. The summed E-state index contributed by atoms with van der Waals surface area (Å²) in [5.74, 6) is -1.23. The molecule has 2 atom stereocenters. The van der Waals surface area contributed by atoms with Gasteiger partial charge in [0.2, 0.25) is 0 Å². The minimum absolute atomic E-state index is 0.0160. The highest BCUT2D eigenvalue weighted by Crippen LogP contribution is 2.34. The summed E-state index contributed by atoms with van der Waals surface area (Å²) >= 11 is 6.05. The van der Waals surface area contributed by atoms with Crippen LogP contribution < -0.4 is 5.32 Å². The molecule has 2 aromatic heterocycles. The summed E-state index contributed by atoms with van der Waals surface area (Å²) < 4.78 is 82.2. The smallest absolute Gasteiger partial charge is 0.339 e. The maximum Gasteiger partial charge on any atom is 0.416 e. The van der Waals surface area contributed by atoms with Gasteiger partial charge in [-0.1, -0.05) is 17.7 Å². The van der Waals surface area contributed by atoms with Crippen LogP contribution in [-0.2, 0) is 29.8 Å². The van der Waals surface area contributed by atoms with Crippen molar-refractivity contribution in [1.82, 2.24) is 24.2 Å². The van der Waals surface area contributed by atoms with Gasteiger partial charge in [0, 0.05) is 56.1 Å². The highest BCUT2D eigenvalue weighted by molar-refractivity contribution is 7.89. The van der Waals surface area contributed by atoms with Crippen LogP contribution in [-0.4, -0.2) is 46.4 Å². The number of imidazole rings is 1. The van der Waals surface area contributed by atoms with E-state index >= 15 is 0 Å². The molecule has 0 bridgehead atoms. The van der Waals surface area contributed by atoms with E-state index in [1.807, 2.05) is 0 Å². The summed E-state index contributed by atoms with van der Waals surface area (Å²) in [4.78, 5) is 8.03. The van der Waals surface area contributed by atoms with Crippen molar-refractivity contribution in [3.63, 3.8) is 0 Å². The van der Waals surface area contributed by atoms with E-state index in [0.29, 0.717) is 5.56 Å². The average molecular weight is 518 g/mol. The summed E-state index contributed by atoms with van der Waals surface area (Å²) in [6.45, 7) is -0.0207. The van der Waals surface area contributed by atoms with Gasteiger partial charge >= 0.3 is 6.18 Å². The molecule has 2 unspecified atom stereocenters. The number of pyridine rings is 1. The molecule has 0 radical (unpaired) electrons. The molecule has 0 spiro atoms. The Labute approximate surface area is 198 Å². The molecular formula is C21H20ClF4N5O2S. The molecule has 0 saturated carbocycles. The normalized spacial score (nSPS) is 19.6. The van der Waals surface area contributed by atoms with Crippen LogP contribution in [0.1, 0.15) is 22.7 Å². The van der Waals surface area contributed by atoms with Crippen molar-refractivity contribution in [1.29, 1.82) is 0 Å². The molecule has 34 heavy (non-hydrogen) atoms. The van der Waals surface area contributed by atoms with Gasteiger partial charge < -0.3 is 9.88 Å². The Bertz CT molecular complexity index is 1300. The Morgan fingerprint density at radius 1 is 1.21 bits per heavy atom. The maximum absolute atomic E-state index is 14.5. The molecule has 3 heterocycles. The van der Waals surface area contributed by atoms with Gasteiger partial charge in [-0.25, -0.2) is 17.8 Å². The Morgan fingerprint density at radius 2 is 1.97 bits per heavy atom. The highest BCUT2D eigenvalue weighted by Gasteiger charge is 2.42. The summed E-state index contributed by atoms with van der Waals surface area (Å²) in [5, 5.41) is 2.91. The van der Waals surface area contributed by atoms with Crippen molar-refractivity contribution >= 4 is 21.6 Å². The third-order valence-electron chi connectivity index (χ3n) is 5.65. The van der Waals surface area contributed by atoms with Gasteiger partial charge in [-0.2, -0.15) is 17.5 Å². The first kappa shape index (κ1) is 24.6. The number of alkyl halides is 3. The quantitative estimate of drug-likeness (QED) is 0.506. The largest absolute Gasteiger partial charge is 0.416 e. The lowest BCUT2D eigenvalue weighted by atomic mass is 9.98. The molecule has 182 valence electrons. The number of hydrogen-bond donors (Lipinski definition) is 1. The standard InChI is InChI=1S/C21H20ClF4N5O2S/c1-30-11-19(29-12-30)34(32,33)31-9-15(20-17(23)3-2-6-27-20)18(10-31)28-8-13-4-5-14(7-16(13)22)21(24,25)26/h2-7,11-12,15,18,28H,8-10H2,1H3. The maximum atomic E-state index is 14.5. The summed E-state index contributed by atoms with van der Waals surface area (Å²) in [5.41, 5.74) is -0.388. The topological polar surface area (TPSA) is 80.1 Å². The third kappa shape index (κ3) is 4.95. The zero-order valence-corrected chi connectivity index (χ0v) is 19.4. The van der Waals surface area contributed by atoms with Crippen molar-refractivity contribution in [2.75, 3.05) is 13.1 Å². The van der Waals surface area contributed by atoms with Gasteiger partial charge in [-0.15, -0.1) is 0 Å². The highest BCUT2D eigenvalue weighted by atomic mass is 35.5. The van der Waals surface area contributed by atoms with E-state index in [1.54, 1.807) is 7.05 Å². The molecule has 0 aliphatic carbocycles. The lowest BCUT2D eigenvalue weighted by Gasteiger charge is -2.20. The number of aryl methyl sites for hydroxylation is 1. The molecule has 7 nitrogen and oxygen atoms in total. The van der Waals surface area contributed by atoms with Gasteiger partial charge in [-0.3, -0.25) is 4.98 Å². The first-order valence-electron chi connectivity index (χ1n) is 10.1. The number of nitrogens with one attached hydrogen (secondary N) is 1.